The van der Waals surface area contributed by atoms with Gasteiger partial charge in [0.2, 0.25) is 0 Å². The lowest BCUT2D eigenvalue weighted by molar-refractivity contribution is -0.158. The number of carboxylic acids is 1. The first kappa shape index (κ1) is 11.9. The molecule has 1 aliphatic carbocycles. The fourth-order valence-corrected chi connectivity index (χ4v) is 2.14. The summed E-state index contributed by atoms with van der Waals surface area (Å²) in [6.07, 6.45) is 1.11. The summed E-state index contributed by atoms with van der Waals surface area (Å²) in [6.45, 7) is 3.13. The van der Waals surface area contributed by atoms with E-state index in [1.54, 1.807) is 4.90 Å². The number of carbonyl (C=O) groups excluding carboxylic acids is 2. The van der Waals surface area contributed by atoms with Crippen LogP contribution in [-0.4, -0.2) is 58.9 Å². The molecule has 1 heterocycles. The van der Waals surface area contributed by atoms with Gasteiger partial charge in [-0.2, -0.15) is 0 Å². The summed E-state index contributed by atoms with van der Waals surface area (Å²) in [6, 6.07) is 0. The van der Waals surface area contributed by atoms with Gasteiger partial charge in [0.25, 0.3) is 0 Å². The molecule has 0 spiro atoms. The highest BCUT2D eigenvalue weighted by atomic mass is 16.4. The Kier molecular flexibility index (Phi) is 3.04. The van der Waals surface area contributed by atoms with Crippen molar-refractivity contribution in [3.63, 3.8) is 0 Å². The van der Waals surface area contributed by atoms with Gasteiger partial charge < -0.3 is 14.9 Å². The normalized spacial score (nSPS) is 28.5. The van der Waals surface area contributed by atoms with E-state index in [0.717, 1.165) is 11.3 Å². The average molecular weight is 240 g/mol. The van der Waals surface area contributed by atoms with Crippen LogP contribution in [0.5, 0.6) is 0 Å². The molecule has 2 amide bonds. The van der Waals surface area contributed by atoms with E-state index in [1.807, 2.05) is 0 Å². The third-order valence-corrected chi connectivity index (χ3v) is 3.45. The Labute approximate surface area is 99.2 Å². The first-order valence-electron chi connectivity index (χ1n) is 5.79. The van der Waals surface area contributed by atoms with Crippen LogP contribution < -0.4 is 0 Å². The molecule has 2 aliphatic rings. The van der Waals surface area contributed by atoms with Crippen molar-refractivity contribution in [3.05, 3.63) is 0 Å². The molecule has 2 atom stereocenters. The molecular weight excluding hydrogens is 224 g/mol. The second-order valence-electron chi connectivity index (χ2n) is 4.84. The molecule has 0 aromatic heterocycles. The summed E-state index contributed by atoms with van der Waals surface area (Å²) in [5.41, 5.74) is 0. The molecule has 0 aromatic rings. The number of carboxylic acid groups (broad SMARTS) is 1. The Morgan fingerprint density at radius 2 is 1.82 bits per heavy atom. The number of rotatable bonds is 4. The molecule has 0 bridgehead atoms. The number of aliphatic carboxylic acids is 1. The van der Waals surface area contributed by atoms with Crippen LogP contribution >= 0.6 is 0 Å². The number of piperazine rings is 1. The number of hydrogen-bond acceptors (Lipinski definition) is 3. The molecule has 17 heavy (non-hydrogen) atoms. The SMILES string of the molecule is CC1CC1CN1CCN(CC(=O)O)C(=O)C1=O. The van der Waals surface area contributed by atoms with E-state index in [2.05, 4.69) is 6.92 Å². The molecule has 6 heteroatoms. The average Bonchev–Trinajstić information content (AvgIpc) is 2.94. The molecule has 2 fully saturated rings. The Balaban J connectivity index is 1.91. The summed E-state index contributed by atoms with van der Waals surface area (Å²) >= 11 is 0. The second kappa shape index (κ2) is 4.35. The van der Waals surface area contributed by atoms with E-state index < -0.39 is 24.3 Å². The second-order valence-corrected chi connectivity index (χ2v) is 4.84. The number of carbonyl (C=O) groups is 3. The quantitative estimate of drug-likeness (QED) is 0.665. The van der Waals surface area contributed by atoms with Gasteiger partial charge in [-0.25, -0.2) is 0 Å². The first-order valence-corrected chi connectivity index (χ1v) is 5.79. The number of amides is 2. The van der Waals surface area contributed by atoms with Gasteiger partial charge >= 0.3 is 17.8 Å². The van der Waals surface area contributed by atoms with Crippen molar-refractivity contribution >= 4 is 17.8 Å². The predicted octanol–water partition coefficient (Wildman–Crippen LogP) is -0.602. The minimum absolute atomic E-state index is 0.317. The molecular formula is C11H16N2O4. The fraction of sp³-hybridized carbons (Fsp3) is 0.727. The van der Waals surface area contributed by atoms with E-state index in [-0.39, 0.29) is 0 Å². The summed E-state index contributed by atoms with van der Waals surface area (Å²) in [7, 11) is 0. The van der Waals surface area contributed by atoms with E-state index in [0.29, 0.717) is 31.5 Å². The molecule has 1 aliphatic heterocycles. The molecule has 1 saturated heterocycles. The van der Waals surface area contributed by atoms with Gasteiger partial charge in [0.1, 0.15) is 6.54 Å². The van der Waals surface area contributed by atoms with Crippen molar-refractivity contribution in [1.29, 1.82) is 0 Å². The van der Waals surface area contributed by atoms with Gasteiger partial charge in [-0.05, 0) is 18.3 Å². The topological polar surface area (TPSA) is 77.9 Å². The standard InChI is InChI=1S/C11H16N2O4/c1-7-4-8(7)5-12-2-3-13(6-9(14)15)11(17)10(12)16/h7-8H,2-6H2,1H3,(H,14,15). The van der Waals surface area contributed by atoms with E-state index in [9.17, 15) is 14.4 Å². The van der Waals surface area contributed by atoms with Crippen LogP contribution in [0, 0.1) is 11.8 Å². The molecule has 2 unspecified atom stereocenters. The maximum absolute atomic E-state index is 11.7. The largest absolute Gasteiger partial charge is 0.480 e. The molecule has 0 aromatic carbocycles. The van der Waals surface area contributed by atoms with Crippen LogP contribution in [0.15, 0.2) is 0 Å². The lowest BCUT2D eigenvalue weighted by Gasteiger charge is -2.32. The Morgan fingerprint density at radius 3 is 2.35 bits per heavy atom. The highest BCUT2D eigenvalue weighted by molar-refractivity contribution is 6.35. The van der Waals surface area contributed by atoms with Crippen molar-refractivity contribution in [3.8, 4) is 0 Å². The van der Waals surface area contributed by atoms with Crippen LogP contribution in [0.1, 0.15) is 13.3 Å². The monoisotopic (exact) mass is 240 g/mol. The maximum atomic E-state index is 11.7. The van der Waals surface area contributed by atoms with Gasteiger partial charge in [-0.3, -0.25) is 14.4 Å². The minimum atomic E-state index is -1.09. The molecule has 0 radical (unpaired) electrons. The van der Waals surface area contributed by atoms with Gasteiger partial charge in [0.15, 0.2) is 0 Å². The third kappa shape index (κ3) is 2.57. The molecule has 6 nitrogen and oxygen atoms in total. The number of hydrogen-bond donors (Lipinski definition) is 1. The van der Waals surface area contributed by atoms with Crippen LogP contribution in [0.3, 0.4) is 0 Å². The molecule has 2 rings (SSSR count). The Morgan fingerprint density at radius 1 is 1.29 bits per heavy atom. The summed E-state index contributed by atoms with van der Waals surface area (Å²) in [5, 5.41) is 8.61. The molecule has 1 saturated carbocycles. The van der Waals surface area contributed by atoms with Crippen LogP contribution in [0.2, 0.25) is 0 Å². The maximum Gasteiger partial charge on any atom is 0.323 e. The van der Waals surface area contributed by atoms with E-state index >= 15 is 0 Å². The first-order chi connectivity index (χ1) is 7.99. The summed E-state index contributed by atoms with van der Waals surface area (Å²) in [5.74, 6) is -1.19. The third-order valence-electron chi connectivity index (χ3n) is 3.45. The zero-order chi connectivity index (χ0) is 12.6. The van der Waals surface area contributed by atoms with E-state index in [1.165, 1.54) is 0 Å². The molecule has 94 valence electrons. The predicted molar refractivity (Wildman–Crippen MR) is 58.1 cm³/mol. The Hall–Kier alpha value is -1.59. The van der Waals surface area contributed by atoms with Crippen molar-refractivity contribution in [2.24, 2.45) is 11.8 Å². The zero-order valence-electron chi connectivity index (χ0n) is 9.76. The van der Waals surface area contributed by atoms with Crippen molar-refractivity contribution in [2.75, 3.05) is 26.2 Å². The Bertz CT molecular complexity index is 368. The number of nitrogens with zero attached hydrogens (tertiary/aromatic N) is 2. The van der Waals surface area contributed by atoms with Crippen molar-refractivity contribution < 1.29 is 19.5 Å². The lowest BCUT2D eigenvalue weighted by Crippen LogP contribution is -2.55. The van der Waals surface area contributed by atoms with Crippen molar-refractivity contribution in [2.45, 2.75) is 13.3 Å². The smallest absolute Gasteiger partial charge is 0.323 e. The van der Waals surface area contributed by atoms with Crippen LogP contribution in [-0.2, 0) is 14.4 Å². The van der Waals surface area contributed by atoms with Gasteiger partial charge in [-0.15, -0.1) is 0 Å². The fourth-order valence-electron chi connectivity index (χ4n) is 2.14. The lowest BCUT2D eigenvalue weighted by atomic mass is 10.2. The van der Waals surface area contributed by atoms with E-state index in [4.69, 9.17) is 5.11 Å². The zero-order valence-corrected chi connectivity index (χ0v) is 9.76. The summed E-state index contributed by atoms with van der Waals surface area (Å²) < 4.78 is 0. The van der Waals surface area contributed by atoms with Crippen LogP contribution in [0.25, 0.3) is 0 Å². The molecule has 1 N–H and O–H groups in total. The highest BCUT2D eigenvalue weighted by Gasteiger charge is 2.39. The van der Waals surface area contributed by atoms with Gasteiger partial charge in [0.05, 0.1) is 0 Å². The van der Waals surface area contributed by atoms with Gasteiger partial charge in [0, 0.05) is 19.6 Å². The van der Waals surface area contributed by atoms with Gasteiger partial charge in [-0.1, -0.05) is 6.92 Å². The summed E-state index contributed by atoms with van der Waals surface area (Å²) in [4.78, 5) is 36.5. The minimum Gasteiger partial charge on any atom is -0.480 e. The highest BCUT2D eigenvalue weighted by Crippen LogP contribution is 2.38. The van der Waals surface area contributed by atoms with Crippen LogP contribution in [0.4, 0.5) is 0 Å². The van der Waals surface area contributed by atoms with Crippen molar-refractivity contribution in [1.82, 2.24) is 9.80 Å².